The van der Waals surface area contributed by atoms with Gasteiger partial charge in [-0.15, -0.1) is 0 Å². The molecule has 1 unspecified atom stereocenters. The molecule has 0 aliphatic rings. The third kappa shape index (κ3) is 3.84. The molecule has 0 aliphatic carbocycles. The van der Waals surface area contributed by atoms with Crippen molar-refractivity contribution in [2.45, 2.75) is 26.2 Å². The van der Waals surface area contributed by atoms with Crippen molar-refractivity contribution in [2.75, 3.05) is 7.11 Å². The summed E-state index contributed by atoms with van der Waals surface area (Å²) in [5.41, 5.74) is -0.0228. The molecule has 1 atom stereocenters. The number of methoxy groups -OCH3 is 1. The zero-order valence-corrected chi connectivity index (χ0v) is 10.9. The molecular formula is C14H16F2O3. The topological polar surface area (TPSA) is 43.4 Å². The highest BCUT2D eigenvalue weighted by Crippen LogP contribution is 2.19. The Kier molecular flexibility index (Phi) is 5.60. The van der Waals surface area contributed by atoms with Crippen molar-refractivity contribution in [1.82, 2.24) is 0 Å². The minimum atomic E-state index is -1.11. The van der Waals surface area contributed by atoms with E-state index in [1.165, 1.54) is 13.2 Å². The van der Waals surface area contributed by atoms with Crippen LogP contribution >= 0.6 is 0 Å². The van der Waals surface area contributed by atoms with Gasteiger partial charge in [0, 0.05) is 5.56 Å². The second kappa shape index (κ2) is 6.97. The Morgan fingerprint density at radius 1 is 1.26 bits per heavy atom. The van der Waals surface area contributed by atoms with Gasteiger partial charge in [0.2, 0.25) is 0 Å². The summed E-state index contributed by atoms with van der Waals surface area (Å²) < 4.78 is 30.5. The Balaban J connectivity index is 2.97. The van der Waals surface area contributed by atoms with Crippen LogP contribution in [0.4, 0.5) is 8.78 Å². The number of ether oxygens (including phenoxy) is 1. The maximum atomic E-state index is 13.1. The number of Topliss-reactive ketones (excluding diaryl/α,β-unsaturated/α-hetero) is 1. The van der Waals surface area contributed by atoms with Gasteiger partial charge in [-0.1, -0.05) is 19.8 Å². The highest BCUT2D eigenvalue weighted by atomic mass is 19.2. The summed E-state index contributed by atoms with van der Waals surface area (Å²) in [6.07, 6.45) is 1.83. The third-order valence-corrected chi connectivity index (χ3v) is 2.85. The molecule has 0 aliphatic heterocycles. The van der Waals surface area contributed by atoms with Crippen LogP contribution in [0.2, 0.25) is 0 Å². The molecule has 0 saturated heterocycles. The number of carbonyl (C=O) groups excluding carboxylic acids is 2. The lowest BCUT2D eigenvalue weighted by atomic mass is 9.92. The van der Waals surface area contributed by atoms with E-state index in [-0.39, 0.29) is 5.56 Å². The largest absolute Gasteiger partial charge is 0.468 e. The highest BCUT2D eigenvalue weighted by Gasteiger charge is 2.28. The average molecular weight is 270 g/mol. The first-order valence-corrected chi connectivity index (χ1v) is 6.08. The van der Waals surface area contributed by atoms with Crippen LogP contribution in [0.1, 0.15) is 36.5 Å². The summed E-state index contributed by atoms with van der Waals surface area (Å²) in [7, 11) is 1.19. The zero-order chi connectivity index (χ0) is 14.4. The molecule has 1 aromatic rings. The molecule has 0 radical (unpaired) electrons. The quantitative estimate of drug-likeness (QED) is 0.453. The first kappa shape index (κ1) is 15.3. The molecule has 0 N–H and O–H groups in total. The highest BCUT2D eigenvalue weighted by molar-refractivity contribution is 6.08. The van der Waals surface area contributed by atoms with E-state index >= 15 is 0 Å². The summed E-state index contributed by atoms with van der Waals surface area (Å²) >= 11 is 0. The van der Waals surface area contributed by atoms with E-state index in [9.17, 15) is 18.4 Å². The van der Waals surface area contributed by atoms with Crippen LogP contribution in [0.5, 0.6) is 0 Å². The monoisotopic (exact) mass is 270 g/mol. The van der Waals surface area contributed by atoms with E-state index in [1.54, 1.807) is 0 Å². The van der Waals surface area contributed by atoms with Crippen LogP contribution in [0.3, 0.4) is 0 Å². The molecule has 3 nitrogen and oxygen atoms in total. The van der Waals surface area contributed by atoms with E-state index in [0.29, 0.717) is 12.8 Å². The maximum Gasteiger partial charge on any atom is 0.316 e. The van der Waals surface area contributed by atoms with Crippen LogP contribution in [0.15, 0.2) is 18.2 Å². The Hall–Kier alpha value is -1.78. The van der Waals surface area contributed by atoms with Gasteiger partial charge < -0.3 is 4.74 Å². The number of rotatable bonds is 6. The molecule has 1 rings (SSSR count). The fraction of sp³-hybridized carbons (Fsp3) is 0.429. The number of ketones is 1. The SMILES string of the molecule is CCCCC(C(=O)OC)C(=O)c1ccc(F)c(F)c1. The van der Waals surface area contributed by atoms with Gasteiger partial charge in [-0.3, -0.25) is 9.59 Å². The van der Waals surface area contributed by atoms with Crippen molar-refractivity contribution in [3.05, 3.63) is 35.4 Å². The predicted molar refractivity (Wildman–Crippen MR) is 65.7 cm³/mol. The van der Waals surface area contributed by atoms with Crippen molar-refractivity contribution in [3.8, 4) is 0 Å². The minimum absolute atomic E-state index is 0.0228. The number of unbranched alkanes of at least 4 members (excludes halogenated alkanes) is 1. The summed E-state index contributed by atoms with van der Waals surface area (Å²) in [5, 5.41) is 0. The van der Waals surface area contributed by atoms with Crippen LogP contribution < -0.4 is 0 Å². The molecule has 19 heavy (non-hydrogen) atoms. The number of halogens is 2. The molecule has 0 fully saturated rings. The van der Waals surface area contributed by atoms with E-state index in [0.717, 1.165) is 18.6 Å². The van der Waals surface area contributed by atoms with E-state index in [4.69, 9.17) is 0 Å². The lowest BCUT2D eigenvalue weighted by Gasteiger charge is -2.13. The maximum absolute atomic E-state index is 13.1. The van der Waals surface area contributed by atoms with Crippen LogP contribution in [0, 0.1) is 17.6 Å². The van der Waals surface area contributed by atoms with Gasteiger partial charge in [-0.2, -0.15) is 0 Å². The van der Waals surface area contributed by atoms with Crippen LogP contribution in [0.25, 0.3) is 0 Å². The third-order valence-electron chi connectivity index (χ3n) is 2.85. The minimum Gasteiger partial charge on any atom is -0.468 e. The second-order valence-electron chi connectivity index (χ2n) is 4.21. The van der Waals surface area contributed by atoms with Gasteiger partial charge in [0.25, 0.3) is 0 Å². The van der Waals surface area contributed by atoms with Gasteiger partial charge in [-0.25, -0.2) is 8.78 Å². The van der Waals surface area contributed by atoms with E-state index in [1.807, 2.05) is 6.92 Å². The lowest BCUT2D eigenvalue weighted by Crippen LogP contribution is -2.25. The normalized spacial score (nSPS) is 12.0. The molecule has 104 valence electrons. The number of hydrogen-bond donors (Lipinski definition) is 0. The Morgan fingerprint density at radius 2 is 1.95 bits per heavy atom. The number of hydrogen-bond acceptors (Lipinski definition) is 3. The smallest absolute Gasteiger partial charge is 0.316 e. The molecule has 0 heterocycles. The van der Waals surface area contributed by atoms with Crippen molar-refractivity contribution in [2.24, 2.45) is 5.92 Å². The van der Waals surface area contributed by atoms with E-state index < -0.39 is 29.3 Å². The van der Waals surface area contributed by atoms with Gasteiger partial charge in [0.15, 0.2) is 17.4 Å². The fourth-order valence-electron chi connectivity index (χ4n) is 1.76. The van der Waals surface area contributed by atoms with Crippen molar-refractivity contribution >= 4 is 11.8 Å². The number of carbonyl (C=O) groups is 2. The number of benzene rings is 1. The molecule has 5 heteroatoms. The van der Waals surface area contributed by atoms with Crippen molar-refractivity contribution in [3.63, 3.8) is 0 Å². The van der Waals surface area contributed by atoms with Crippen LogP contribution in [-0.2, 0) is 9.53 Å². The Bertz CT molecular complexity index is 472. The van der Waals surface area contributed by atoms with Gasteiger partial charge in [0.1, 0.15) is 5.92 Å². The molecule has 0 amide bonds. The predicted octanol–water partition coefficient (Wildman–Crippen LogP) is 3.13. The Labute approximate surface area is 110 Å². The van der Waals surface area contributed by atoms with Gasteiger partial charge >= 0.3 is 5.97 Å². The van der Waals surface area contributed by atoms with E-state index in [2.05, 4.69) is 4.74 Å². The standard InChI is InChI=1S/C14H16F2O3/c1-3-4-5-10(14(18)19-2)13(17)9-6-7-11(15)12(16)8-9/h6-8,10H,3-5H2,1-2H3. The van der Waals surface area contributed by atoms with Gasteiger partial charge in [0.05, 0.1) is 7.11 Å². The molecule has 1 aromatic carbocycles. The number of esters is 1. The Morgan fingerprint density at radius 3 is 2.47 bits per heavy atom. The second-order valence-corrected chi connectivity index (χ2v) is 4.21. The van der Waals surface area contributed by atoms with Crippen LogP contribution in [-0.4, -0.2) is 18.9 Å². The molecule has 0 saturated carbocycles. The zero-order valence-electron chi connectivity index (χ0n) is 10.9. The molecule has 0 aromatic heterocycles. The summed E-state index contributed by atoms with van der Waals surface area (Å²) in [5.74, 6) is -4.29. The molecule has 0 bridgehead atoms. The molecular weight excluding hydrogens is 254 g/mol. The van der Waals surface area contributed by atoms with Crippen molar-refractivity contribution < 1.29 is 23.1 Å². The summed E-state index contributed by atoms with van der Waals surface area (Å²) in [6.45, 7) is 1.93. The van der Waals surface area contributed by atoms with Gasteiger partial charge in [-0.05, 0) is 24.6 Å². The first-order chi connectivity index (χ1) is 9.01. The molecule has 0 spiro atoms. The average Bonchev–Trinajstić information content (AvgIpc) is 2.41. The lowest BCUT2D eigenvalue weighted by molar-refractivity contribution is -0.143. The van der Waals surface area contributed by atoms with Crippen molar-refractivity contribution in [1.29, 1.82) is 0 Å². The first-order valence-electron chi connectivity index (χ1n) is 6.08. The fourth-order valence-corrected chi connectivity index (χ4v) is 1.76. The summed E-state index contributed by atoms with van der Waals surface area (Å²) in [4.78, 5) is 23.7. The summed E-state index contributed by atoms with van der Waals surface area (Å²) in [6, 6.07) is 2.85.